The molecular formula is C15H22N2OS2. The van der Waals surface area contributed by atoms with E-state index in [-0.39, 0.29) is 5.91 Å². The van der Waals surface area contributed by atoms with Crippen LogP contribution in [0.3, 0.4) is 0 Å². The van der Waals surface area contributed by atoms with Gasteiger partial charge in [-0.2, -0.15) is 0 Å². The van der Waals surface area contributed by atoms with Crippen molar-refractivity contribution in [3.05, 3.63) is 29.8 Å². The van der Waals surface area contributed by atoms with Gasteiger partial charge in [-0.05, 0) is 24.3 Å². The molecule has 0 atom stereocenters. The van der Waals surface area contributed by atoms with Gasteiger partial charge in [0, 0.05) is 24.4 Å². The zero-order chi connectivity index (χ0) is 15.1. The molecule has 1 amide bonds. The van der Waals surface area contributed by atoms with Crippen molar-refractivity contribution in [2.24, 2.45) is 11.7 Å². The number of thiocarbonyl (C=S) groups is 1. The van der Waals surface area contributed by atoms with Crippen LogP contribution in [-0.2, 0) is 0 Å². The number of amides is 1. The normalized spacial score (nSPS) is 10.6. The smallest absolute Gasteiger partial charge is 0.255 e. The lowest BCUT2D eigenvalue weighted by atomic mass is 10.1. The number of thioether (sulfide) groups is 1. The fourth-order valence-electron chi connectivity index (χ4n) is 1.95. The van der Waals surface area contributed by atoms with Gasteiger partial charge in [0.2, 0.25) is 0 Å². The van der Waals surface area contributed by atoms with E-state index in [1.165, 1.54) is 0 Å². The lowest BCUT2D eigenvalue weighted by Crippen LogP contribution is -2.36. The van der Waals surface area contributed by atoms with Gasteiger partial charge in [-0.1, -0.05) is 38.2 Å². The highest BCUT2D eigenvalue weighted by Gasteiger charge is 2.19. The number of carbonyl (C=O) groups is 1. The van der Waals surface area contributed by atoms with Gasteiger partial charge in [0.1, 0.15) is 0 Å². The van der Waals surface area contributed by atoms with Gasteiger partial charge in [-0.25, -0.2) is 0 Å². The Morgan fingerprint density at radius 3 is 2.60 bits per heavy atom. The average Bonchev–Trinajstić information content (AvgIpc) is 2.42. The minimum atomic E-state index is 0.0555. The number of nitrogens with two attached hydrogens (primary N) is 1. The maximum absolute atomic E-state index is 12.7. The molecule has 0 aliphatic heterocycles. The second-order valence-corrected chi connectivity index (χ2v) is 6.43. The number of carbonyl (C=O) groups excluding carboxylic acids is 1. The molecule has 0 heterocycles. The highest BCUT2D eigenvalue weighted by atomic mass is 32.2. The van der Waals surface area contributed by atoms with Crippen molar-refractivity contribution in [3.8, 4) is 0 Å². The van der Waals surface area contributed by atoms with Crippen LogP contribution in [0.15, 0.2) is 29.2 Å². The highest BCUT2D eigenvalue weighted by molar-refractivity contribution is 7.98. The van der Waals surface area contributed by atoms with Crippen molar-refractivity contribution in [1.82, 2.24) is 4.90 Å². The molecule has 20 heavy (non-hydrogen) atoms. The van der Waals surface area contributed by atoms with Crippen LogP contribution < -0.4 is 5.73 Å². The summed E-state index contributed by atoms with van der Waals surface area (Å²) in [5, 5.41) is 0. The van der Waals surface area contributed by atoms with Crippen molar-refractivity contribution < 1.29 is 4.79 Å². The van der Waals surface area contributed by atoms with Crippen LogP contribution >= 0.6 is 24.0 Å². The van der Waals surface area contributed by atoms with E-state index in [0.29, 0.717) is 30.4 Å². The number of hydrogen-bond donors (Lipinski definition) is 1. The number of benzene rings is 1. The molecule has 1 aromatic carbocycles. The predicted molar refractivity (Wildman–Crippen MR) is 90.4 cm³/mol. The first-order valence-electron chi connectivity index (χ1n) is 6.66. The lowest BCUT2D eigenvalue weighted by Gasteiger charge is -2.25. The molecule has 0 saturated heterocycles. The van der Waals surface area contributed by atoms with E-state index in [2.05, 4.69) is 13.8 Å². The molecule has 0 radical (unpaired) electrons. The molecule has 0 aromatic heterocycles. The number of hydrogen-bond acceptors (Lipinski definition) is 3. The Bertz CT molecular complexity index is 475. The third-order valence-corrected chi connectivity index (χ3v) is 3.84. The van der Waals surface area contributed by atoms with Crippen LogP contribution in [0.5, 0.6) is 0 Å². The van der Waals surface area contributed by atoms with Crippen LogP contribution in [0, 0.1) is 5.92 Å². The minimum absolute atomic E-state index is 0.0555. The van der Waals surface area contributed by atoms with E-state index in [1.807, 2.05) is 35.4 Å². The minimum Gasteiger partial charge on any atom is -0.393 e. The largest absolute Gasteiger partial charge is 0.393 e. The van der Waals surface area contributed by atoms with Gasteiger partial charge in [0.25, 0.3) is 5.91 Å². The van der Waals surface area contributed by atoms with E-state index in [4.69, 9.17) is 18.0 Å². The summed E-state index contributed by atoms with van der Waals surface area (Å²) in [7, 11) is 0. The average molecular weight is 310 g/mol. The molecule has 110 valence electrons. The highest BCUT2D eigenvalue weighted by Crippen LogP contribution is 2.21. The summed E-state index contributed by atoms with van der Waals surface area (Å²) in [6, 6.07) is 7.69. The SMILES string of the molecule is CSc1ccccc1C(=O)N(CCC(N)=S)CC(C)C. The molecule has 0 bridgehead atoms. The van der Waals surface area contributed by atoms with Crippen LogP contribution in [0.25, 0.3) is 0 Å². The van der Waals surface area contributed by atoms with Gasteiger partial charge in [0.15, 0.2) is 0 Å². The molecule has 5 heteroatoms. The van der Waals surface area contributed by atoms with E-state index in [1.54, 1.807) is 11.8 Å². The summed E-state index contributed by atoms with van der Waals surface area (Å²) in [4.78, 5) is 16.0. The molecule has 0 spiro atoms. The Morgan fingerprint density at radius 1 is 1.40 bits per heavy atom. The van der Waals surface area contributed by atoms with E-state index in [9.17, 15) is 4.79 Å². The molecule has 0 saturated carbocycles. The van der Waals surface area contributed by atoms with E-state index >= 15 is 0 Å². The first-order valence-corrected chi connectivity index (χ1v) is 8.29. The predicted octanol–water partition coefficient (Wildman–Crippen LogP) is 3.18. The number of rotatable bonds is 7. The molecular weight excluding hydrogens is 288 g/mol. The third-order valence-electron chi connectivity index (χ3n) is 2.84. The molecule has 1 rings (SSSR count). The Labute approximate surface area is 130 Å². The summed E-state index contributed by atoms with van der Waals surface area (Å²) in [5.41, 5.74) is 6.31. The molecule has 0 aliphatic carbocycles. The maximum atomic E-state index is 12.7. The Kier molecular flexibility index (Phi) is 7.02. The Morgan fingerprint density at radius 2 is 2.05 bits per heavy atom. The first-order chi connectivity index (χ1) is 9.45. The van der Waals surface area contributed by atoms with Gasteiger partial charge in [0.05, 0.1) is 10.6 Å². The van der Waals surface area contributed by atoms with Gasteiger partial charge >= 0.3 is 0 Å². The second-order valence-electron chi connectivity index (χ2n) is 5.06. The summed E-state index contributed by atoms with van der Waals surface area (Å²) in [6.45, 7) is 5.49. The zero-order valence-electron chi connectivity index (χ0n) is 12.3. The first kappa shape index (κ1) is 17.0. The summed E-state index contributed by atoms with van der Waals surface area (Å²) < 4.78 is 0. The fourth-order valence-corrected chi connectivity index (χ4v) is 2.63. The Hall–Kier alpha value is -1.07. The molecule has 0 unspecified atom stereocenters. The quantitative estimate of drug-likeness (QED) is 0.620. The third kappa shape index (κ3) is 5.13. The topological polar surface area (TPSA) is 46.3 Å². The van der Waals surface area contributed by atoms with Crippen LogP contribution in [0.2, 0.25) is 0 Å². The lowest BCUT2D eigenvalue weighted by molar-refractivity contribution is 0.0737. The van der Waals surface area contributed by atoms with E-state index < -0.39 is 0 Å². The van der Waals surface area contributed by atoms with Crippen molar-refractivity contribution in [2.75, 3.05) is 19.3 Å². The summed E-state index contributed by atoms with van der Waals surface area (Å²) in [5.74, 6) is 0.464. The van der Waals surface area contributed by atoms with Crippen LogP contribution in [-0.4, -0.2) is 35.1 Å². The maximum Gasteiger partial charge on any atom is 0.255 e. The summed E-state index contributed by atoms with van der Waals surface area (Å²) >= 11 is 6.50. The zero-order valence-corrected chi connectivity index (χ0v) is 13.9. The Balaban J connectivity index is 2.93. The van der Waals surface area contributed by atoms with Crippen molar-refractivity contribution in [1.29, 1.82) is 0 Å². The van der Waals surface area contributed by atoms with Gasteiger partial charge in [-0.3, -0.25) is 4.79 Å². The molecule has 0 aliphatic rings. The fraction of sp³-hybridized carbons (Fsp3) is 0.467. The van der Waals surface area contributed by atoms with Crippen LogP contribution in [0.4, 0.5) is 0 Å². The second kappa shape index (κ2) is 8.27. The van der Waals surface area contributed by atoms with Crippen molar-refractivity contribution in [3.63, 3.8) is 0 Å². The standard InChI is InChI=1S/C15H22N2OS2/c1-11(2)10-17(9-8-14(16)19)15(18)12-6-4-5-7-13(12)20-3/h4-7,11H,8-10H2,1-3H3,(H2,16,19). The molecule has 0 fully saturated rings. The molecule has 1 aromatic rings. The van der Waals surface area contributed by atoms with Crippen LogP contribution in [0.1, 0.15) is 30.6 Å². The number of nitrogens with zero attached hydrogens (tertiary/aromatic N) is 1. The van der Waals surface area contributed by atoms with Gasteiger partial charge in [-0.15, -0.1) is 11.8 Å². The molecule has 2 N–H and O–H groups in total. The van der Waals surface area contributed by atoms with Gasteiger partial charge < -0.3 is 10.6 Å². The van der Waals surface area contributed by atoms with Crippen molar-refractivity contribution >= 4 is 34.9 Å². The van der Waals surface area contributed by atoms with Crippen molar-refractivity contribution in [2.45, 2.75) is 25.2 Å². The molecule has 3 nitrogen and oxygen atoms in total. The van der Waals surface area contributed by atoms with E-state index in [0.717, 1.165) is 10.5 Å². The summed E-state index contributed by atoms with van der Waals surface area (Å²) in [6.07, 6.45) is 2.54. The monoisotopic (exact) mass is 310 g/mol.